The van der Waals surface area contributed by atoms with Crippen LogP contribution in [0.1, 0.15) is 16.7 Å². The zero-order chi connectivity index (χ0) is 25.0. The molecule has 0 aromatic heterocycles. The van der Waals surface area contributed by atoms with Crippen LogP contribution in [-0.2, 0) is 11.0 Å². The Balaban J connectivity index is 1.37. The van der Waals surface area contributed by atoms with Crippen LogP contribution < -0.4 is 14.4 Å². The van der Waals surface area contributed by atoms with E-state index < -0.39 is 17.6 Å². The second kappa shape index (κ2) is 10.5. The van der Waals surface area contributed by atoms with Gasteiger partial charge in [-0.1, -0.05) is 59.9 Å². The van der Waals surface area contributed by atoms with Crippen molar-refractivity contribution < 1.29 is 27.4 Å². The summed E-state index contributed by atoms with van der Waals surface area (Å²) in [7, 11) is 0. The maximum Gasteiger partial charge on any atom is 0.416 e. The summed E-state index contributed by atoms with van der Waals surface area (Å²) in [5.74, 6) is 0.955. The molecule has 0 unspecified atom stereocenters. The standard InChI is InChI=1S/C26H20F3NO3S2/c1-17-5-9-21(10-6-17)32-13-14-33-22-11-7-18(8-12-22)15-23-24(31)30(25(34)35-23)20-4-2-3-19(16-20)26(27,28)29/h2-12,15-16H,13-14H2,1H3/b23-15+. The van der Waals surface area contributed by atoms with E-state index in [4.69, 9.17) is 21.7 Å². The molecule has 0 saturated carbocycles. The molecule has 1 saturated heterocycles. The van der Waals surface area contributed by atoms with Gasteiger partial charge in [0.2, 0.25) is 0 Å². The van der Waals surface area contributed by atoms with Crippen LogP contribution in [0.25, 0.3) is 6.08 Å². The lowest BCUT2D eigenvalue weighted by molar-refractivity contribution is -0.137. The second-order valence-corrected chi connectivity index (χ2v) is 9.32. The van der Waals surface area contributed by atoms with E-state index in [1.807, 2.05) is 31.2 Å². The van der Waals surface area contributed by atoms with Crippen molar-refractivity contribution in [1.82, 2.24) is 0 Å². The van der Waals surface area contributed by atoms with Crippen molar-refractivity contribution in [3.05, 3.63) is 94.4 Å². The van der Waals surface area contributed by atoms with E-state index in [2.05, 4.69) is 0 Å². The van der Waals surface area contributed by atoms with E-state index in [0.29, 0.717) is 23.9 Å². The van der Waals surface area contributed by atoms with Gasteiger partial charge in [0.25, 0.3) is 5.91 Å². The number of hydrogen-bond acceptors (Lipinski definition) is 5. The van der Waals surface area contributed by atoms with Crippen LogP contribution >= 0.6 is 24.0 Å². The van der Waals surface area contributed by atoms with Crippen molar-refractivity contribution in [3.63, 3.8) is 0 Å². The Hall–Kier alpha value is -3.30. The van der Waals surface area contributed by atoms with Crippen LogP contribution in [0.3, 0.4) is 0 Å². The van der Waals surface area contributed by atoms with Crippen LogP contribution in [-0.4, -0.2) is 23.4 Å². The second-order valence-electron chi connectivity index (χ2n) is 7.64. The van der Waals surface area contributed by atoms with Crippen LogP contribution in [0.5, 0.6) is 11.5 Å². The number of carbonyl (C=O) groups is 1. The molecule has 1 amide bonds. The highest BCUT2D eigenvalue weighted by molar-refractivity contribution is 8.27. The quantitative estimate of drug-likeness (QED) is 0.195. The summed E-state index contributed by atoms with van der Waals surface area (Å²) >= 11 is 6.31. The number of thioether (sulfide) groups is 1. The van der Waals surface area contributed by atoms with Gasteiger partial charge in [0, 0.05) is 0 Å². The third-order valence-electron chi connectivity index (χ3n) is 5.05. The molecule has 0 atom stereocenters. The fourth-order valence-electron chi connectivity index (χ4n) is 3.28. The molecule has 35 heavy (non-hydrogen) atoms. The van der Waals surface area contributed by atoms with Gasteiger partial charge in [-0.05, 0) is 61.0 Å². The predicted octanol–water partition coefficient (Wildman–Crippen LogP) is 6.88. The lowest BCUT2D eigenvalue weighted by Crippen LogP contribution is -2.27. The number of aryl methyl sites for hydroxylation is 1. The first kappa shape index (κ1) is 24.8. The van der Waals surface area contributed by atoms with Gasteiger partial charge in [0.05, 0.1) is 16.2 Å². The van der Waals surface area contributed by atoms with Gasteiger partial charge >= 0.3 is 6.18 Å². The van der Waals surface area contributed by atoms with Crippen molar-refractivity contribution in [2.45, 2.75) is 13.1 Å². The first-order valence-electron chi connectivity index (χ1n) is 10.6. The van der Waals surface area contributed by atoms with Gasteiger partial charge in [-0.2, -0.15) is 13.2 Å². The number of rotatable bonds is 7. The summed E-state index contributed by atoms with van der Waals surface area (Å²) in [4.78, 5) is 14.3. The van der Waals surface area contributed by atoms with Crippen molar-refractivity contribution in [2.75, 3.05) is 18.1 Å². The molecule has 1 aliphatic rings. The monoisotopic (exact) mass is 515 g/mol. The molecule has 0 aliphatic carbocycles. The molecule has 180 valence electrons. The number of anilines is 1. The normalized spacial score (nSPS) is 15.1. The molecule has 3 aromatic carbocycles. The van der Waals surface area contributed by atoms with Crippen LogP contribution in [0.15, 0.2) is 77.7 Å². The van der Waals surface area contributed by atoms with Gasteiger partial charge < -0.3 is 9.47 Å². The Morgan fingerprint density at radius 1 is 0.943 bits per heavy atom. The summed E-state index contributed by atoms with van der Waals surface area (Å²) in [5.41, 5.74) is 1.14. The molecule has 3 aromatic rings. The minimum Gasteiger partial charge on any atom is -0.490 e. The molecule has 0 bridgehead atoms. The first-order valence-corrected chi connectivity index (χ1v) is 11.8. The van der Waals surface area contributed by atoms with Crippen molar-refractivity contribution in [3.8, 4) is 11.5 Å². The topological polar surface area (TPSA) is 38.8 Å². The zero-order valence-electron chi connectivity index (χ0n) is 18.5. The fourth-order valence-corrected chi connectivity index (χ4v) is 4.58. The number of carbonyl (C=O) groups excluding carboxylic acids is 1. The van der Waals surface area contributed by atoms with Crippen molar-refractivity contribution in [2.24, 2.45) is 0 Å². The average molecular weight is 516 g/mol. The molecule has 0 spiro atoms. The minimum absolute atomic E-state index is 0.0855. The highest BCUT2D eigenvalue weighted by Gasteiger charge is 2.36. The lowest BCUT2D eigenvalue weighted by Gasteiger charge is -2.16. The number of halogens is 3. The average Bonchev–Trinajstić information content (AvgIpc) is 3.11. The molecule has 4 rings (SSSR count). The number of thiocarbonyl (C=S) groups is 1. The molecule has 0 N–H and O–H groups in total. The van der Waals surface area contributed by atoms with E-state index in [1.165, 1.54) is 12.1 Å². The predicted molar refractivity (Wildman–Crippen MR) is 136 cm³/mol. The third-order valence-corrected chi connectivity index (χ3v) is 6.35. The molecule has 9 heteroatoms. The molecule has 1 heterocycles. The third kappa shape index (κ3) is 6.23. The Morgan fingerprint density at radius 2 is 1.54 bits per heavy atom. The molecule has 0 radical (unpaired) electrons. The molecular formula is C26H20F3NO3S2. The van der Waals surface area contributed by atoms with Crippen LogP contribution in [0, 0.1) is 6.92 Å². The maximum atomic E-state index is 13.1. The molecule has 1 fully saturated rings. The molecule has 4 nitrogen and oxygen atoms in total. The van der Waals surface area contributed by atoms with E-state index in [0.717, 1.165) is 45.7 Å². The SMILES string of the molecule is Cc1ccc(OCCOc2ccc(/C=C3/SC(=S)N(c4cccc(C(F)(F)F)c4)C3=O)cc2)cc1. The highest BCUT2D eigenvalue weighted by atomic mass is 32.2. The van der Waals surface area contributed by atoms with Gasteiger partial charge in [-0.25, -0.2) is 0 Å². The Bertz CT molecular complexity index is 1260. The zero-order valence-corrected chi connectivity index (χ0v) is 20.2. The Labute approximate surface area is 210 Å². The van der Waals surface area contributed by atoms with E-state index in [9.17, 15) is 18.0 Å². The van der Waals surface area contributed by atoms with Gasteiger partial charge in [0.15, 0.2) is 4.32 Å². The summed E-state index contributed by atoms with van der Waals surface area (Å²) in [6, 6.07) is 19.4. The van der Waals surface area contributed by atoms with Crippen molar-refractivity contribution in [1.29, 1.82) is 0 Å². The van der Waals surface area contributed by atoms with Crippen molar-refractivity contribution >= 4 is 46.0 Å². The summed E-state index contributed by atoms with van der Waals surface area (Å²) in [5, 5.41) is 0. The van der Waals surface area contributed by atoms with Gasteiger partial charge in [-0.15, -0.1) is 0 Å². The first-order chi connectivity index (χ1) is 16.7. The fraction of sp³-hybridized carbons (Fsp3) is 0.154. The van der Waals surface area contributed by atoms with E-state index >= 15 is 0 Å². The summed E-state index contributed by atoms with van der Waals surface area (Å²) < 4.78 is 50.7. The number of amides is 1. The van der Waals surface area contributed by atoms with E-state index in [-0.39, 0.29) is 10.0 Å². The Morgan fingerprint density at radius 3 is 2.14 bits per heavy atom. The highest BCUT2D eigenvalue weighted by Crippen LogP contribution is 2.38. The smallest absolute Gasteiger partial charge is 0.416 e. The number of nitrogens with zero attached hydrogens (tertiary/aromatic N) is 1. The molecular weight excluding hydrogens is 495 g/mol. The number of alkyl halides is 3. The number of hydrogen-bond donors (Lipinski definition) is 0. The number of ether oxygens (including phenoxy) is 2. The Kier molecular flexibility index (Phi) is 7.47. The largest absolute Gasteiger partial charge is 0.490 e. The summed E-state index contributed by atoms with van der Waals surface area (Å²) in [6.07, 6.45) is -2.86. The minimum atomic E-state index is -4.51. The van der Waals surface area contributed by atoms with Crippen LogP contribution in [0.4, 0.5) is 18.9 Å². The molecule has 1 aliphatic heterocycles. The lowest BCUT2D eigenvalue weighted by atomic mass is 10.1. The number of benzene rings is 3. The maximum absolute atomic E-state index is 13.1. The van der Waals surface area contributed by atoms with Gasteiger partial charge in [-0.3, -0.25) is 9.69 Å². The summed E-state index contributed by atoms with van der Waals surface area (Å²) in [6.45, 7) is 2.76. The van der Waals surface area contributed by atoms with Gasteiger partial charge in [0.1, 0.15) is 24.7 Å². The van der Waals surface area contributed by atoms with E-state index in [1.54, 1.807) is 30.3 Å². The van der Waals surface area contributed by atoms with Crippen LogP contribution in [0.2, 0.25) is 0 Å².